The van der Waals surface area contributed by atoms with E-state index in [1.54, 1.807) is 0 Å². The van der Waals surface area contributed by atoms with Crippen LogP contribution in [0.3, 0.4) is 0 Å². The van der Waals surface area contributed by atoms with Crippen LogP contribution in [0.5, 0.6) is 0 Å². The average molecular weight is 322 g/mol. The van der Waals surface area contributed by atoms with Crippen molar-refractivity contribution in [3.8, 4) is 0 Å². The minimum Gasteiger partial charge on any atom is -0.309 e. The standard InChI is InChI=1S/C18H21Cl2N/c1-18(2,3)14-8-5-12(6-9-14)17(21-4)13-7-10-15(19)16(20)11-13/h5-11,17,21H,1-4H3. The zero-order valence-electron chi connectivity index (χ0n) is 12.9. The van der Waals surface area contributed by atoms with Crippen molar-refractivity contribution in [1.29, 1.82) is 0 Å². The highest BCUT2D eigenvalue weighted by atomic mass is 35.5. The Morgan fingerprint density at radius 1 is 0.857 bits per heavy atom. The van der Waals surface area contributed by atoms with Crippen LogP contribution >= 0.6 is 23.2 Å². The molecule has 1 atom stereocenters. The Labute approximate surface area is 137 Å². The summed E-state index contributed by atoms with van der Waals surface area (Å²) in [6.07, 6.45) is 0. The molecule has 0 radical (unpaired) electrons. The van der Waals surface area contributed by atoms with Crippen molar-refractivity contribution in [2.75, 3.05) is 7.05 Å². The first-order valence-corrected chi connectivity index (χ1v) is 7.81. The number of benzene rings is 2. The van der Waals surface area contributed by atoms with E-state index < -0.39 is 0 Å². The van der Waals surface area contributed by atoms with E-state index in [1.807, 2.05) is 25.2 Å². The summed E-state index contributed by atoms with van der Waals surface area (Å²) < 4.78 is 0. The minimum atomic E-state index is 0.105. The SMILES string of the molecule is CNC(c1ccc(C(C)(C)C)cc1)c1ccc(Cl)c(Cl)c1. The van der Waals surface area contributed by atoms with Crippen LogP contribution in [0.4, 0.5) is 0 Å². The van der Waals surface area contributed by atoms with Gasteiger partial charge in [0.2, 0.25) is 0 Å². The Hall–Kier alpha value is -1.02. The maximum absolute atomic E-state index is 6.13. The van der Waals surface area contributed by atoms with Gasteiger partial charge in [-0.3, -0.25) is 0 Å². The highest BCUT2D eigenvalue weighted by molar-refractivity contribution is 6.42. The number of hydrogen-bond donors (Lipinski definition) is 1. The third-order valence-electron chi connectivity index (χ3n) is 3.68. The van der Waals surface area contributed by atoms with Crippen molar-refractivity contribution in [3.63, 3.8) is 0 Å². The first kappa shape index (κ1) is 16.4. The van der Waals surface area contributed by atoms with Crippen molar-refractivity contribution in [1.82, 2.24) is 5.32 Å². The third-order valence-corrected chi connectivity index (χ3v) is 4.41. The molecule has 3 heteroatoms. The second-order valence-corrected chi connectivity index (χ2v) is 7.08. The van der Waals surface area contributed by atoms with Gasteiger partial charge in [0.15, 0.2) is 0 Å². The lowest BCUT2D eigenvalue weighted by Crippen LogP contribution is -2.18. The van der Waals surface area contributed by atoms with Gasteiger partial charge >= 0.3 is 0 Å². The van der Waals surface area contributed by atoms with Gasteiger partial charge in [0.05, 0.1) is 16.1 Å². The fraction of sp³-hybridized carbons (Fsp3) is 0.333. The van der Waals surface area contributed by atoms with Crippen LogP contribution in [0.2, 0.25) is 10.0 Å². The molecule has 1 unspecified atom stereocenters. The Morgan fingerprint density at radius 3 is 1.90 bits per heavy atom. The molecule has 0 amide bonds. The number of nitrogens with one attached hydrogen (secondary N) is 1. The Kier molecular flexibility index (Phi) is 4.98. The first-order valence-electron chi connectivity index (χ1n) is 7.05. The molecule has 0 aromatic heterocycles. The lowest BCUT2D eigenvalue weighted by atomic mass is 9.86. The highest BCUT2D eigenvalue weighted by Gasteiger charge is 2.16. The number of rotatable bonds is 3. The third kappa shape index (κ3) is 3.79. The Bertz CT molecular complexity index is 612. The van der Waals surface area contributed by atoms with Crippen molar-refractivity contribution >= 4 is 23.2 Å². The van der Waals surface area contributed by atoms with Gasteiger partial charge < -0.3 is 5.32 Å². The van der Waals surface area contributed by atoms with E-state index in [-0.39, 0.29) is 11.5 Å². The van der Waals surface area contributed by atoms with Crippen LogP contribution in [-0.2, 0) is 5.41 Å². The summed E-state index contributed by atoms with van der Waals surface area (Å²) in [5.41, 5.74) is 3.81. The topological polar surface area (TPSA) is 12.0 Å². The summed E-state index contributed by atoms with van der Waals surface area (Å²) in [6, 6.07) is 14.6. The molecule has 2 aromatic carbocycles. The minimum absolute atomic E-state index is 0.105. The predicted octanol–water partition coefficient (Wildman–Crippen LogP) is 5.60. The van der Waals surface area contributed by atoms with Gasteiger partial charge in [0, 0.05) is 0 Å². The zero-order valence-corrected chi connectivity index (χ0v) is 14.4. The molecule has 0 bridgehead atoms. The zero-order chi connectivity index (χ0) is 15.6. The molecule has 0 aliphatic carbocycles. The monoisotopic (exact) mass is 321 g/mol. The summed E-state index contributed by atoms with van der Waals surface area (Å²) in [5.74, 6) is 0. The summed E-state index contributed by atoms with van der Waals surface area (Å²) in [5, 5.41) is 4.50. The van der Waals surface area contributed by atoms with Crippen LogP contribution < -0.4 is 5.32 Å². The van der Waals surface area contributed by atoms with Gasteiger partial charge in [0.25, 0.3) is 0 Å². The molecule has 1 N–H and O–H groups in total. The van der Waals surface area contributed by atoms with E-state index in [0.29, 0.717) is 10.0 Å². The second kappa shape index (κ2) is 6.39. The summed E-state index contributed by atoms with van der Waals surface area (Å²) in [7, 11) is 1.95. The quantitative estimate of drug-likeness (QED) is 0.775. The summed E-state index contributed by atoms with van der Waals surface area (Å²) in [6.45, 7) is 6.66. The molecule has 21 heavy (non-hydrogen) atoms. The van der Waals surface area contributed by atoms with Crippen LogP contribution in [0.15, 0.2) is 42.5 Å². The Morgan fingerprint density at radius 2 is 1.43 bits per heavy atom. The van der Waals surface area contributed by atoms with Crippen molar-refractivity contribution < 1.29 is 0 Å². The van der Waals surface area contributed by atoms with Gasteiger partial charge in [-0.2, -0.15) is 0 Å². The smallest absolute Gasteiger partial charge is 0.0595 e. The van der Waals surface area contributed by atoms with Gasteiger partial charge in [-0.25, -0.2) is 0 Å². The normalized spacial score (nSPS) is 13.2. The van der Waals surface area contributed by atoms with E-state index in [4.69, 9.17) is 23.2 Å². The van der Waals surface area contributed by atoms with Gasteiger partial charge in [-0.15, -0.1) is 0 Å². The van der Waals surface area contributed by atoms with Gasteiger partial charge in [0.1, 0.15) is 0 Å². The molecule has 0 saturated heterocycles. The molecular weight excluding hydrogens is 301 g/mol. The van der Waals surface area contributed by atoms with Crippen molar-refractivity contribution in [3.05, 3.63) is 69.2 Å². The van der Waals surface area contributed by atoms with Crippen LogP contribution in [0, 0.1) is 0 Å². The van der Waals surface area contributed by atoms with E-state index in [0.717, 1.165) is 5.56 Å². The van der Waals surface area contributed by atoms with Crippen LogP contribution in [0.25, 0.3) is 0 Å². The molecule has 0 aliphatic rings. The molecule has 112 valence electrons. The molecule has 1 nitrogen and oxygen atoms in total. The van der Waals surface area contributed by atoms with E-state index >= 15 is 0 Å². The second-order valence-electron chi connectivity index (χ2n) is 6.27. The van der Waals surface area contributed by atoms with Crippen molar-refractivity contribution in [2.45, 2.75) is 32.2 Å². The van der Waals surface area contributed by atoms with Gasteiger partial charge in [-0.05, 0) is 41.3 Å². The van der Waals surface area contributed by atoms with Crippen molar-refractivity contribution in [2.24, 2.45) is 0 Å². The Balaban J connectivity index is 2.35. The number of hydrogen-bond acceptors (Lipinski definition) is 1. The maximum atomic E-state index is 6.13. The molecule has 0 saturated carbocycles. The average Bonchev–Trinajstić information content (AvgIpc) is 2.43. The summed E-state index contributed by atoms with van der Waals surface area (Å²) >= 11 is 12.1. The largest absolute Gasteiger partial charge is 0.309 e. The molecule has 0 aliphatic heterocycles. The molecule has 0 heterocycles. The first-order chi connectivity index (χ1) is 9.82. The van der Waals surface area contributed by atoms with E-state index in [2.05, 4.69) is 50.4 Å². The fourth-order valence-corrected chi connectivity index (χ4v) is 2.70. The molecular formula is C18H21Cl2N. The van der Waals surface area contributed by atoms with E-state index in [1.165, 1.54) is 11.1 Å². The maximum Gasteiger partial charge on any atom is 0.0595 e. The lowest BCUT2D eigenvalue weighted by Gasteiger charge is -2.22. The highest BCUT2D eigenvalue weighted by Crippen LogP contribution is 2.30. The van der Waals surface area contributed by atoms with Gasteiger partial charge in [-0.1, -0.05) is 74.3 Å². The lowest BCUT2D eigenvalue weighted by molar-refractivity contribution is 0.589. The molecule has 0 spiro atoms. The number of halogens is 2. The fourth-order valence-electron chi connectivity index (χ4n) is 2.39. The molecule has 2 rings (SSSR count). The molecule has 2 aromatic rings. The predicted molar refractivity (Wildman–Crippen MR) is 92.5 cm³/mol. The van der Waals surface area contributed by atoms with Crippen LogP contribution in [-0.4, -0.2) is 7.05 Å². The van der Waals surface area contributed by atoms with Crippen LogP contribution in [0.1, 0.15) is 43.5 Å². The van der Waals surface area contributed by atoms with E-state index in [9.17, 15) is 0 Å². The summed E-state index contributed by atoms with van der Waals surface area (Å²) in [4.78, 5) is 0. The molecule has 0 fully saturated rings.